The van der Waals surface area contributed by atoms with Crippen molar-refractivity contribution in [1.29, 1.82) is 5.26 Å². The summed E-state index contributed by atoms with van der Waals surface area (Å²) in [5, 5.41) is 20.5. The van der Waals surface area contributed by atoms with E-state index in [-0.39, 0.29) is 12.2 Å². The zero-order valence-corrected chi connectivity index (χ0v) is 14.5. The van der Waals surface area contributed by atoms with Crippen molar-refractivity contribution in [2.24, 2.45) is 0 Å². The molecule has 0 aliphatic carbocycles. The lowest BCUT2D eigenvalue weighted by atomic mass is 9.85. The molecule has 2 heterocycles. The minimum absolute atomic E-state index is 0.129. The summed E-state index contributed by atoms with van der Waals surface area (Å²) in [4.78, 5) is 0. The van der Waals surface area contributed by atoms with Gasteiger partial charge in [0.15, 0.2) is 0 Å². The number of hydrogen-bond donors (Lipinski definition) is 1. The number of furan rings is 1. The van der Waals surface area contributed by atoms with Crippen LogP contribution in [0, 0.1) is 11.3 Å². The smallest absolute Gasteiger partial charge is 0.256 e. The highest BCUT2D eigenvalue weighted by atomic mass is 35.6. The average molecular weight is 385 g/mol. The Bertz CT molecular complexity index is 791. The molecule has 0 radical (unpaired) electrons. The van der Waals surface area contributed by atoms with Gasteiger partial charge in [-0.05, 0) is 12.1 Å². The summed E-state index contributed by atoms with van der Waals surface area (Å²) < 4.78 is 8.93. The Labute approximate surface area is 153 Å². The Hall–Kier alpha value is -1.64. The fourth-order valence-electron chi connectivity index (χ4n) is 2.64. The summed E-state index contributed by atoms with van der Waals surface area (Å²) in [5.74, 6) is -2.06. The predicted molar refractivity (Wildman–Crippen MR) is 91.4 cm³/mol. The van der Waals surface area contributed by atoms with Gasteiger partial charge in [0.25, 0.3) is 9.58 Å². The third-order valence-electron chi connectivity index (χ3n) is 3.83. The molecule has 1 aromatic heterocycles. The molecule has 3 rings (SSSR count). The van der Waals surface area contributed by atoms with Crippen LogP contribution in [0.5, 0.6) is 0 Å². The van der Waals surface area contributed by atoms with Gasteiger partial charge in [0.1, 0.15) is 11.5 Å². The monoisotopic (exact) mass is 383 g/mol. The number of rotatable bonds is 2. The van der Waals surface area contributed by atoms with Crippen LogP contribution in [0.2, 0.25) is 0 Å². The SMILES string of the molecule is N#CC1=C(c2ccccc2)O[C@](O)(C(Cl)(Cl)Cl)C[C@@H]1c1ccco1. The number of halogens is 3. The molecule has 2 atom stereocenters. The molecule has 0 unspecified atom stereocenters. The zero-order valence-electron chi connectivity index (χ0n) is 12.2. The van der Waals surface area contributed by atoms with Gasteiger partial charge in [0.2, 0.25) is 0 Å². The number of aliphatic hydroxyl groups is 1. The lowest BCUT2D eigenvalue weighted by molar-refractivity contribution is -0.167. The Morgan fingerprint density at radius 3 is 2.42 bits per heavy atom. The molecule has 1 N–H and O–H groups in total. The van der Waals surface area contributed by atoms with Gasteiger partial charge in [0, 0.05) is 12.0 Å². The van der Waals surface area contributed by atoms with Crippen LogP contribution in [0.15, 0.2) is 58.7 Å². The average Bonchev–Trinajstić information content (AvgIpc) is 3.08. The third-order valence-corrected chi connectivity index (χ3v) is 4.72. The third kappa shape index (κ3) is 3.01. The van der Waals surface area contributed by atoms with E-state index in [0.717, 1.165) is 0 Å². The van der Waals surface area contributed by atoms with Crippen molar-refractivity contribution >= 4 is 40.6 Å². The van der Waals surface area contributed by atoms with Crippen molar-refractivity contribution in [3.63, 3.8) is 0 Å². The molecule has 0 fully saturated rings. The lowest BCUT2D eigenvalue weighted by Gasteiger charge is -2.41. The molecule has 0 saturated heterocycles. The van der Waals surface area contributed by atoms with Crippen LogP contribution in [0.1, 0.15) is 23.7 Å². The maximum atomic E-state index is 10.8. The molecular weight excluding hydrogens is 373 g/mol. The summed E-state index contributed by atoms with van der Waals surface area (Å²) >= 11 is 17.8. The molecule has 0 spiro atoms. The number of alkyl halides is 3. The Balaban J connectivity index is 2.19. The molecule has 1 aromatic carbocycles. The molecular formula is C17H12Cl3NO3. The second-order valence-electron chi connectivity index (χ2n) is 5.38. The summed E-state index contributed by atoms with van der Waals surface area (Å²) in [5.41, 5.74) is 0.896. The van der Waals surface area contributed by atoms with E-state index in [1.54, 1.807) is 36.4 Å². The highest BCUT2D eigenvalue weighted by Crippen LogP contribution is 2.52. The second-order valence-corrected chi connectivity index (χ2v) is 7.66. The van der Waals surface area contributed by atoms with Crippen LogP contribution < -0.4 is 0 Å². The Morgan fingerprint density at radius 2 is 1.88 bits per heavy atom. The van der Waals surface area contributed by atoms with Crippen LogP contribution in [-0.4, -0.2) is 14.7 Å². The molecule has 0 bridgehead atoms. The minimum Gasteiger partial charge on any atom is -0.469 e. The number of hydrogen-bond acceptors (Lipinski definition) is 4. The van der Waals surface area contributed by atoms with Gasteiger partial charge in [-0.1, -0.05) is 65.1 Å². The zero-order chi connectivity index (χ0) is 17.4. The molecule has 1 aliphatic heterocycles. The van der Waals surface area contributed by atoms with E-state index in [4.69, 9.17) is 44.0 Å². The number of nitriles is 1. The van der Waals surface area contributed by atoms with Crippen LogP contribution in [0.3, 0.4) is 0 Å². The molecule has 124 valence electrons. The highest BCUT2D eigenvalue weighted by Gasteiger charge is 2.55. The van der Waals surface area contributed by atoms with Crippen molar-refractivity contribution < 1.29 is 14.3 Å². The fourth-order valence-corrected chi connectivity index (χ4v) is 2.99. The standard InChI is InChI=1S/C17H12Cl3NO3/c18-17(19,20)16(22)9-12(14-7-4-8-23-14)13(10-21)15(24-16)11-5-2-1-3-6-11/h1-8,12,22H,9H2/t12-,16-/m0/s1. The first kappa shape index (κ1) is 17.2. The fraction of sp³-hybridized carbons (Fsp3) is 0.235. The molecule has 2 aromatic rings. The van der Waals surface area contributed by atoms with Crippen LogP contribution in [0.25, 0.3) is 5.76 Å². The first-order valence-electron chi connectivity index (χ1n) is 7.07. The van der Waals surface area contributed by atoms with E-state index in [1.165, 1.54) is 6.26 Å². The molecule has 0 saturated carbocycles. The van der Waals surface area contributed by atoms with Gasteiger partial charge in [0.05, 0.1) is 23.8 Å². The maximum absolute atomic E-state index is 10.8. The Morgan fingerprint density at radius 1 is 1.17 bits per heavy atom. The van der Waals surface area contributed by atoms with E-state index in [2.05, 4.69) is 6.07 Å². The first-order valence-corrected chi connectivity index (χ1v) is 8.20. The number of benzene rings is 1. The molecule has 1 aliphatic rings. The van der Waals surface area contributed by atoms with E-state index in [0.29, 0.717) is 16.9 Å². The molecule has 4 nitrogen and oxygen atoms in total. The first-order chi connectivity index (χ1) is 11.4. The van der Waals surface area contributed by atoms with Gasteiger partial charge in [-0.2, -0.15) is 5.26 Å². The van der Waals surface area contributed by atoms with E-state index in [1.807, 2.05) is 6.07 Å². The molecule has 7 heteroatoms. The van der Waals surface area contributed by atoms with Gasteiger partial charge < -0.3 is 14.3 Å². The van der Waals surface area contributed by atoms with Crippen molar-refractivity contribution in [2.45, 2.75) is 21.9 Å². The normalized spacial score (nSPS) is 24.4. The van der Waals surface area contributed by atoms with Crippen molar-refractivity contribution in [2.75, 3.05) is 0 Å². The summed E-state index contributed by atoms with van der Waals surface area (Å²) in [6, 6.07) is 14.4. The maximum Gasteiger partial charge on any atom is 0.256 e. The van der Waals surface area contributed by atoms with Crippen molar-refractivity contribution in [1.82, 2.24) is 0 Å². The van der Waals surface area contributed by atoms with Gasteiger partial charge in [-0.15, -0.1) is 0 Å². The van der Waals surface area contributed by atoms with Gasteiger partial charge in [-0.25, -0.2) is 0 Å². The van der Waals surface area contributed by atoms with Crippen molar-refractivity contribution in [3.8, 4) is 6.07 Å². The van der Waals surface area contributed by atoms with Gasteiger partial charge in [-0.3, -0.25) is 0 Å². The number of allylic oxidation sites excluding steroid dienone is 1. The van der Waals surface area contributed by atoms with Crippen LogP contribution >= 0.6 is 34.8 Å². The van der Waals surface area contributed by atoms with Gasteiger partial charge >= 0.3 is 0 Å². The van der Waals surface area contributed by atoms with E-state index < -0.39 is 15.5 Å². The minimum atomic E-state index is -2.11. The largest absolute Gasteiger partial charge is 0.469 e. The summed E-state index contributed by atoms with van der Waals surface area (Å²) in [6.45, 7) is 0. The Kier molecular flexibility index (Phi) is 4.54. The number of ether oxygens (including phenoxy) is 1. The highest BCUT2D eigenvalue weighted by molar-refractivity contribution is 6.68. The predicted octanol–water partition coefficient (Wildman–Crippen LogP) is 4.78. The summed E-state index contributed by atoms with van der Waals surface area (Å²) in [7, 11) is 0. The van der Waals surface area contributed by atoms with E-state index in [9.17, 15) is 10.4 Å². The molecule has 0 amide bonds. The van der Waals surface area contributed by atoms with Crippen LogP contribution in [-0.2, 0) is 4.74 Å². The van der Waals surface area contributed by atoms with Crippen LogP contribution in [0.4, 0.5) is 0 Å². The number of nitrogens with zero attached hydrogens (tertiary/aromatic N) is 1. The van der Waals surface area contributed by atoms with Crippen molar-refractivity contribution in [3.05, 3.63) is 65.6 Å². The quantitative estimate of drug-likeness (QED) is 0.757. The topological polar surface area (TPSA) is 66.4 Å². The second kappa shape index (κ2) is 6.34. The van der Waals surface area contributed by atoms with E-state index >= 15 is 0 Å². The summed E-state index contributed by atoms with van der Waals surface area (Å²) in [6.07, 6.45) is 1.35. The molecule has 24 heavy (non-hydrogen) atoms. The lowest BCUT2D eigenvalue weighted by Crippen LogP contribution is -2.48.